The van der Waals surface area contributed by atoms with Crippen molar-refractivity contribution in [2.24, 2.45) is 0 Å². The van der Waals surface area contributed by atoms with Gasteiger partial charge >= 0.3 is 6.18 Å². The van der Waals surface area contributed by atoms with E-state index in [-0.39, 0.29) is 32.2 Å². The number of carbonyl (C=O) groups excluding carboxylic acids is 1. The largest absolute Gasteiger partial charge is 0.436 e. The van der Waals surface area contributed by atoms with Gasteiger partial charge in [-0.2, -0.15) is 28.6 Å². The predicted molar refractivity (Wildman–Crippen MR) is 131 cm³/mol. The SMILES string of the molecule is N#CC(F)C1(n2cc(-c3ncnc4[nH]ncc34)cn2)CN(C2CCN(C(=O)c3ccnc(C(F)(F)F)c3F)CC2)C1. The molecule has 1 N–H and O–H groups in total. The van der Waals surface area contributed by atoms with Crippen LogP contribution < -0.4 is 0 Å². The van der Waals surface area contributed by atoms with E-state index in [0.717, 1.165) is 12.3 Å². The fourth-order valence-corrected chi connectivity index (χ4v) is 5.55. The zero-order valence-electron chi connectivity index (χ0n) is 21.2. The first-order chi connectivity index (χ1) is 19.6. The molecule has 0 bridgehead atoms. The minimum absolute atomic E-state index is 0.0754. The predicted octanol–water partition coefficient (Wildman–Crippen LogP) is 2.95. The summed E-state index contributed by atoms with van der Waals surface area (Å²) < 4.78 is 70.1. The summed E-state index contributed by atoms with van der Waals surface area (Å²) >= 11 is 0. The summed E-state index contributed by atoms with van der Waals surface area (Å²) in [5.41, 5.74) is -1.97. The van der Waals surface area contributed by atoms with Crippen LogP contribution in [0.1, 0.15) is 28.9 Å². The number of carbonyl (C=O) groups is 1. The van der Waals surface area contributed by atoms with Gasteiger partial charge in [0.2, 0.25) is 6.17 Å². The molecule has 4 aromatic rings. The number of nitrogens with one attached hydrogen (secondary N) is 1. The van der Waals surface area contributed by atoms with Crippen LogP contribution in [0.3, 0.4) is 0 Å². The van der Waals surface area contributed by atoms with Crippen molar-refractivity contribution in [2.45, 2.75) is 36.8 Å². The van der Waals surface area contributed by atoms with Crippen LogP contribution in [-0.4, -0.2) is 89.0 Å². The molecule has 1 amide bonds. The normalized spacial score (nSPS) is 18.7. The average molecular weight is 573 g/mol. The van der Waals surface area contributed by atoms with Gasteiger partial charge in [0.05, 0.1) is 29.0 Å². The molecule has 0 radical (unpaired) electrons. The van der Waals surface area contributed by atoms with E-state index < -0.39 is 40.9 Å². The minimum Gasteiger partial charge on any atom is -0.338 e. The van der Waals surface area contributed by atoms with Crippen molar-refractivity contribution in [3.8, 4) is 17.3 Å². The third-order valence-corrected chi connectivity index (χ3v) is 7.76. The molecule has 1 unspecified atom stereocenters. The van der Waals surface area contributed by atoms with Crippen molar-refractivity contribution in [1.82, 2.24) is 44.7 Å². The number of piperidine rings is 1. The van der Waals surface area contributed by atoms with E-state index in [1.54, 1.807) is 18.5 Å². The maximum Gasteiger partial charge on any atom is 0.436 e. The standard InChI is InChI=1S/C25H21F5N10O/c26-18(7-31)24(40-10-14(8-36-40)20-17-9-35-37-22(17)34-13-33-20)11-39(12-24)15-2-5-38(6-3-15)23(41)16-1-4-32-21(19(16)27)25(28,29)30/h1,4,8-10,13,15,18H,2-3,5-6,11-12H2,(H,33,34,35,37). The van der Waals surface area contributed by atoms with E-state index in [9.17, 15) is 27.6 Å². The highest BCUT2D eigenvalue weighted by Gasteiger charge is 2.54. The van der Waals surface area contributed by atoms with Gasteiger partial charge in [-0.1, -0.05) is 0 Å². The average Bonchev–Trinajstić information content (AvgIpc) is 3.62. The summed E-state index contributed by atoms with van der Waals surface area (Å²) in [6.45, 7) is 0.710. The molecule has 0 aliphatic carbocycles. The summed E-state index contributed by atoms with van der Waals surface area (Å²) in [7, 11) is 0. The summed E-state index contributed by atoms with van der Waals surface area (Å²) in [5, 5.41) is 21.2. The lowest BCUT2D eigenvalue weighted by Crippen LogP contribution is -2.70. The number of aromatic nitrogens is 7. The van der Waals surface area contributed by atoms with Crippen LogP contribution in [0.2, 0.25) is 0 Å². The first-order valence-electron chi connectivity index (χ1n) is 12.6. The highest BCUT2D eigenvalue weighted by Crippen LogP contribution is 2.39. The third kappa shape index (κ3) is 4.46. The first kappa shape index (κ1) is 26.7. The number of pyridine rings is 1. The second-order valence-corrected chi connectivity index (χ2v) is 10.1. The van der Waals surface area contributed by atoms with E-state index in [0.29, 0.717) is 35.1 Å². The summed E-state index contributed by atoms with van der Waals surface area (Å²) in [6.07, 6.45) is 0.877. The molecule has 0 aromatic carbocycles. The van der Waals surface area contributed by atoms with Crippen LogP contribution in [0.4, 0.5) is 22.0 Å². The van der Waals surface area contributed by atoms with E-state index >= 15 is 4.39 Å². The number of halogens is 5. The third-order valence-electron chi connectivity index (χ3n) is 7.76. The number of hydrogen-bond acceptors (Lipinski definition) is 8. The molecule has 2 aliphatic heterocycles. The topological polar surface area (TPSA) is 133 Å². The Morgan fingerprint density at radius 3 is 2.63 bits per heavy atom. The molecular formula is C25H21F5N10O. The number of aromatic amines is 1. The Kier molecular flexibility index (Phi) is 6.40. The number of hydrogen-bond donors (Lipinski definition) is 1. The fraction of sp³-hybridized carbons (Fsp3) is 0.400. The molecule has 11 nitrogen and oxygen atoms in total. The van der Waals surface area contributed by atoms with Crippen molar-refractivity contribution in [3.05, 3.63) is 54.3 Å². The van der Waals surface area contributed by atoms with Crippen molar-refractivity contribution in [3.63, 3.8) is 0 Å². The highest BCUT2D eigenvalue weighted by molar-refractivity contribution is 5.94. The molecule has 0 spiro atoms. The van der Waals surface area contributed by atoms with Gasteiger partial charge in [-0.05, 0) is 18.9 Å². The smallest absolute Gasteiger partial charge is 0.338 e. The number of nitrogens with zero attached hydrogens (tertiary/aromatic N) is 9. The lowest BCUT2D eigenvalue weighted by molar-refractivity contribution is -0.143. The van der Waals surface area contributed by atoms with Crippen LogP contribution >= 0.6 is 0 Å². The second kappa shape index (κ2) is 9.84. The Bertz CT molecular complexity index is 1650. The number of nitriles is 1. The van der Waals surface area contributed by atoms with E-state index in [1.807, 2.05) is 4.90 Å². The molecule has 4 aromatic heterocycles. The number of H-pyrrole nitrogens is 1. The summed E-state index contributed by atoms with van der Waals surface area (Å²) in [5.74, 6) is -2.54. The zero-order valence-corrected chi connectivity index (χ0v) is 21.2. The van der Waals surface area contributed by atoms with Gasteiger partial charge in [0.1, 0.15) is 17.9 Å². The fourth-order valence-electron chi connectivity index (χ4n) is 5.55. The van der Waals surface area contributed by atoms with Crippen LogP contribution in [0.25, 0.3) is 22.3 Å². The van der Waals surface area contributed by atoms with Crippen molar-refractivity contribution in [2.75, 3.05) is 26.2 Å². The maximum absolute atomic E-state index is 15.1. The van der Waals surface area contributed by atoms with Gasteiger partial charge in [-0.25, -0.2) is 23.7 Å². The molecule has 2 aliphatic rings. The highest BCUT2D eigenvalue weighted by atomic mass is 19.4. The molecule has 2 saturated heterocycles. The van der Waals surface area contributed by atoms with Crippen molar-refractivity contribution >= 4 is 16.9 Å². The number of fused-ring (bicyclic) bond motifs is 1. The number of alkyl halides is 4. The van der Waals surface area contributed by atoms with Crippen molar-refractivity contribution in [1.29, 1.82) is 5.26 Å². The van der Waals surface area contributed by atoms with Crippen molar-refractivity contribution < 1.29 is 26.7 Å². The molecule has 1 atom stereocenters. The molecule has 6 heterocycles. The quantitative estimate of drug-likeness (QED) is 0.361. The van der Waals surface area contributed by atoms with Gasteiger partial charge < -0.3 is 4.90 Å². The van der Waals surface area contributed by atoms with Gasteiger partial charge in [0.15, 0.2) is 17.2 Å². The Morgan fingerprint density at radius 1 is 1.17 bits per heavy atom. The van der Waals surface area contributed by atoms with Gasteiger partial charge in [0, 0.05) is 50.2 Å². The van der Waals surface area contributed by atoms with E-state index in [1.165, 1.54) is 22.1 Å². The Balaban J connectivity index is 1.14. The molecule has 6 rings (SSSR count). The summed E-state index contributed by atoms with van der Waals surface area (Å²) in [6, 6.07) is 2.55. The molecule has 41 heavy (non-hydrogen) atoms. The van der Waals surface area contributed by atoms with Crippen LogP contribution in [0.15, 0.2) is 37.2 Å². The van der Waals surface area contributed by atoms with Gasteiger partial charge in [0.25, 0.3) is 5.91 Å². The van der Waals surface area contributed by atoms with Crippen LogP contribution in [-0.2, 0) is 11.7 Å². The molecule has 212 valence electrons. The molecule has 2 fully saturated rings. The monoisotopic (exact) mass is 572 g/mol. The minimum atomic E-state index is -5.02. The van der Waals surface area contributed by atoms with Gasteiger partial charge in [-0.15, -0.1) is 0 Å². The Morgan fingerprint density at radius 2 is 1.93 bits per heavy atom. The molecule has 16 heteroatoms. The zero-order chi connectivity index (χ0) is 28.9. The second-order valence-electron chi connectivity index (χ2n) is 10.1. The number of amides is 1. The van der Waals surface area contributed by atoms with Gasteiger partial charge in [-0.3, -0.25) is 19.5 Å². The van der Waals surface area contributed by atoms with E-state index in [2.05, 4.69) is 30.2 Å². The van der Waals surface area contributed by atoms with Crippen LogP contribution in [0.5, 0.6) is 0 Å². The molecule has 0 saturated carbocycles. The maximum atomic E-state index is 15.1. The summed E-state index contributed by atoms with van der Waals surface area (Å²) in [4.78, 5) is 27.5. The lowest BCUT2D eigenvalue weighted by Gasteiger charge is -2.54. The first-order valence-corrected chi connectivity index (χ1v) is 12.6. The lowest BCUT2D eigenvalue weighted by atomic mass is 9.82. The Labute approximate surface area is 228 Å². The Hall–Kier alpha value is -4.52. The number of rotatable bonds is 5. The number of likely N-dealkylation sites (tertiary alicyclic amines) is 2. The van der Waals surface area contributed by atoms with E-state index in [4.69, 9.17) is 0 Å². The van der Waals surface area contributed by atoms with Crippen LogP contribution in [0, 0.1) is 17.1 Å². The molecular weight excluding hydrogens is 551 g/mol.